The first-order valence-corrected chi connectivity index (χ1v) is 11.2. The van der Waals surface area contributed by atoms with E-state index < -0.39 is 11.9 Å². The number of anilines is 2. The highest BCUT2D eigenvalue weighted by Crippen LogP contribution is 2.35. The van der Waals surface area contributed by atoms with Gasteiger partial charge in [-0.3, -0.25) is 9.67 Å². The Balaban J connectivity index is 1.39. The SMILES string of the molecule is FC(F)(F)c1nn(-c2ccc3ncccc3c2)c2nc(Nc3cnn(C4CCNCC4)c3)ncc12. The lowest BCUT2D eigenvalue weighted by molar-refractivity contribution is -0.140. The molecule has 1 fully saturated rings. The molecule has 0 atom stereocenters. The Bertz CT molecular complexity index is 1520. The van der Waals surface area contributed by atoms with Crippen LogP contribution in [-0.4, -0.2) is 47.6 Å². The molecule has 12 heteroatoms. The molecule has 9 nitrogen and oxygen atoms in total. The molecule has 1 aromatic carbocycles. The van der Waals surface area contributed by atoms with Crippen LogP contribution in [0.15, 0.2) is 55.1 Å². The van der Waals surface area contributed by atoms with Crippen molar-refractivity contribution < 1.29 is 13.2 Å². The number of piperidine rings is 1. The maximum Gasteiger partial charge on any atom is 0.435 e. The molecule has 5 aromatic rings. The van der Waals surface area contributed by atoms with E-state index >= 15 is 0 Å². The Hall–Kier alpha value is -4.06. The minimum Gasteiger partial charge on any atom is -0.321 e. The van der Waals surface area contributed by atoms with Gasteiger partial charge in [-0.15, -0.1) is 0 Å². The van der Waals surface area contributed by atoms with Crippen LogP contribution in [0.2, 0.25) is 0 Å². The summed E-state index contributed by atoms with van der Waals surface area (Å²) in [4.78, 5) is 12.8. The number of nitrogens with zero attached hydrogens (tertiary/aromatic N) is 7. The van der Waals surface area contributed by atoms with E-state index in [2.05, 4.69) is 35.8 Å². The molecule has 1 aliphatic rings. The lowest BCUT2D eigenvalue weighted by atomic mass is 10.1. The number of aromatic nitrogens is 7. The molecular weight excluding hydrogens is 459 g/mol. The number of benzene rings is 1. The first-order valence-electron chi connectivity index (χ1n) is 11.2. The van der Waals surface area contributed by atoms with Crippen molar-refractivity contribution >= 4 is 33.6 Å². The number of halogens is 3. The van der Waals surface area contributed by atoms with Gasteiger partial charge >= 0.3 is 6.18 Å². The topological polar surface area (TPSA) is 98.4 Å². The van der Waals surface area contributed by atoms with Gasteiger partial charge in [-0.25, -0.2) is 9.67 Å². The molecule has 178 valence electrons. The first-order chi connectivity index (χ1) is 17.0. The molecule has 2 N–H and O–H groups in total. The summed E-state index contributed by atoms with van der Waals surface area (Å²) in [7, 11) is 0. The van der Waals surface area contributed by atoms with Crippen LogP contribution >= 0.6 is 0 Å². The van der Waals surface area contributed by atoms with Crippen LogP contribution in [0.3, 0.4) is 0 Å². The molecule has 0 aliphatic carbocycles. The Morgan fingerprint density at radius 2 is 1.91 bits per heavy atom. The zero-order valence-corrected chi connectivity index (χ0v) is 18.4. The minimum atomic E-state index is -4.66. The minimum absolute atomic E-state index is 0.0452. The number of hydrogen-bond acceptors (Lipinski definition) is 7. The zero-order chi connectivity index (χ0) is 24.0. The highest BCUT2D eigenvalue weighted by Gasteiger charge is 2.37. The Kier molecular flexibility index (Phi) is 5.10. The third-order valence-corrected chi connectivity index (χ3v) is 6.06. The van der Waals surface area contributed by atoms with Crippen LogP contribution in [0.25, 0.3) is 27.6 Å². The summed E-state index contributed by atoms with van der Waals surface area (Å²) < 4.78 is 44.4. The third kappa shape index (κ3) is 4.05. The number of rotatable bonds is 4. The Morgan fingerprint density at radius 1 is 1.06 bits per heavy atom. The summed E-state index contributed by atoms with van der Waals surface area (Å²) in [5.41, 5.74) is 0.829. The molecule has 0 saturated carbocycles. The van der Waals surface area contributed by atoms with Crippen molar-refractivity contribution in [3.8, 4) is 5.69 Å². The Morgan fingerprint density at radius 3 is 2.74 bits per heavy atom. The smallest absolute Gasteiger partial charge is 0.321 e. The van der Waals surface area contributed by atoms with Crippen LogP contribution in [-0.2, 0) is 6.18 Å². The maximum atomic E-state index is 13.8. The van der Waals surface area contributed by atoms with Crippen molar-refractivity contribution in [2.75, 3.05) is 18.4 Å². The standard InChI is InChI=1S/C23H20F3N9/c24-23(25,26)20-18-12-29-22(31-15-11-30-34(13-15)16-5-8-27-9-6-16)32-21(18)35(33-20)17-3-4-19-14(10-17)2-1-7-28-19/h1-4,7,10-13,16,27H,5-6,8-9H2,(H,29,31,32). The maximum absolute atomic E-state index is 13.8. The van der Waals surface area contributed by atoms with Gasteiger partial charge in [0, 0.05) is 24.0 Å². The van der Waals surface area contributed by atoms with Crippen molar-refractivity contribution in [1.82, 2.24) is 39.8 Å². The number of pyridine rings is 1. The van der Waals surface area contributed by atoms with Crippen molar-refractivity contribution in [1.29, 1.82) is 0 Å². The predicted octanol–water partition coefficient (Wildman–Crippen LogP) is 4.25. The molecule has 6 rings (SSSR count). The fourth-order valence-corrected chi connectivity index (χ4v) is 4.35. The van der Waals surface area contributed by atoms with Crippen molar-refractivity contribution in [2.45, 2.75) is 25.1 Å². The normalized spacial score (nSPS) is 15.2. The summed E-state index contributed by atoms with van der Waals surface area (Å²) in [5, 5.41) is 15.3. The fraction of sp³-hybridized carbons (Fsp3) is 0.261. The van der Waals surface area contributed by atoms with E-state index in [4.69, 9.17) is 0 Å². The van der Waals surface area contributed by atoms with E-state index in [9.17, 15) is 13.2 Å². The highest BCUT2D eigenvalue weighted by molar-refractivity contribution is 5.84. The summed E-state index contributed by atoms with van der Waals surface area (Å²) in [5.74, 6) is 0.152. The van der Waals surface area contributed by atoms with E-state index in [1.807, 2.05) is 16.9 Å². The van der Waals surface area contributed by atoms with Crippen LogP contribution in [0, 0.1) is 0 Å². The molecule has 0 radical (unpaired) electrons. The van der Waals surface area contributed by atoms with Crippen molar-refractivity contribution in [2.24, 2.45) is 0 Å². The van der Waals surface area contributed by atoms with Gasteiger partial charge in [0.1, 0.15) is 0 Å². The van der Waals surface area contributed by atoms with Gasteiger partial charge in [0.15, 0.2) is 11.3 Å². The van der Waals surface area contributed by atoms with Gasteiger partial charge in [-0.2, -0.15) is 28.4 Å². The summed E-state index contributed by atoms with van der Waals surface area (Å²) >= 11 is 0. The molecule has 0 amide bonds. The third-order valence-electron chi connectivity index (χ3n) is 6.06. The molecule has 1 aliphatic heterocycles. The monoisotopic (exact) mass is 479 g/mol. The number of nitrogens with one attached hydrogen (secondary N) is 2. The zero-order valence-electron chi connectivity index (χ0n) is 18.4. The quantitative estimate of drug-likeness (QED) is 0.398. The van der Waals surface area contributed by atoms with E-state index in [1.54, 1.807) is 36.7 Å². The van der Waals surface area contributed by atoms with Crippen LogP contribution < -0.4 is 10.6 Å². The summed E-state index contributed by atoms with van der Waals surface area (Å²) in [6.07, 6.45) is 3.62. The largest absolute Gasteiger partial charge is 0.435 e. The molecule has 1 saturated heterocycles. The first kappa shape index (κ1) is 21.5. The second-order valence-electron chi connectivity index (χ2n) is 8.38. The lowest BCUT2D eigenvalue weighted by Crippen LogP contribution is -2.29. The van der Waals surface area contributed by atoms with Gasteiger partial charge in [-0.1, -0.05) is 6.07 Å². The molecule has 5 heterocycles. The second kappa shape index (κ2) is 8.31. The summed E-state index contributed by atoms with van der Waals surface area (Å²) in [6, 6.07) is 9.04. The van der Waals surface area contributed by atoms with E-state index in [-0.39, 0.29) is 17.0 Å². The molecular formula is C23H20F3N9. The number of fused-ring (bicyclic) bond motifs is 2. The Labute approximate surface area is 197 Å². The number of hydrogen-bond donors (Lipinski definition) is 2. The molecule has 0 spiro atoms. The molecule has 4 aromatic heterocycles. The van der Waals surface area contributed by atoms with Gasteiger partial charge < -0.3 is 10.6 Å². The molecule has 0 bridgehead atoms. The van der Waals surface area contributed by atoms with E-state index in [1.165, 1.54) is 4.68 Å². The van der Waals surface area contributed by atoms with Gasteiger partial charge in [0.05, 0.1) is 34.5 Å². The summed E-state index contributed by atoms with van der Waals surface area (Å²) in [6.45, 7) is 1.87. The number of alkyl halides is 3. The van der Waals surface area contributed by atoms with E-state index in [0.29, 0.717) is 17.4 Å². The van der Waals surface area contributed by atoms with Crippen LogP contribution in [0.5, 0.6) is 0 Å². The van der Waals surface area contributed by atoms with Gasteiger partial charge in [-0.05, 0) is 50.2 Å². The van der Waals surface area contributed by atoms with E-state index in [0.717, 1.165) is 43.0 Å². The molecule has 35 heavy (non-hydrogen) atoms. The van der Waals surface area contributed by atoms with Crippen molar-refractivity contribution in [3.05, 3.63) is 60.8 Å². The van der Waals surface area contributed by atoms with Crippen LogP contribution in [0.1, 0.15) is 24.6 Å². The molecule has 0 unspecified atom stereocenters. The van der Waals surface area contributed by atoms with Crippen molar-refractivity contribution in [3.63, 3.8) is 0 Å². The average Bonchev–Trinajstić information content (AvgIpc) is 3.49. The fourth-order valence-electron chi connectivity index (χ4n) is 4.35. The highest BCUT2D eigenvalue weighted by atomic mass is 19.4. The second-order valence-corrected chi connectivity index (χ2v) is 8.38. The van der Waals surface area contributed by atoms with Gasteiger partial charge in [0.25, 0.3) is 0 Å². The predicted molar refractivity (Wildman–Crippen MR) is 124 cm³/mol. The van der Waals surface area contributed by atoms with Gasteiger partial charge in [0.2, 0.25) is 5.95 Å². The lowest BCUT2D eigenvalue weighted by Gasteiger charge is -2.22. The average molecular weight is 479 g/mol. The van der Waals surface area contributed by atoms with Crippen LogP contribution in [0.4, 0.5) is 24.8 Å².